The number of fused-ring (bicyclic) bond motifs is 3. The van der Waals surface area contributed by atoms with E-state index in [0.29, 0.717) is 29.0 Å². The molecule has 0 aliphatic carbocycles. The maximum atomic E-state index is 13.2. The Morgan fingerprint density at radius 3 is 2.55 bits per heavy atom. The lowest BCUT2D eigenvalue weighted by atomic mass is 10.1. The molecule has 0 spiro atoms. The Morgan fingerprint density at radius 1 is 0.895 bits per heavy atom. The van der Waals surface area contributed by atoms with Gasteiger partial charge in [-0.05, 0) is 59.8 Å². The highest BCUT2D eigenvalue weighted by Gasteiger charge is 2.28. The third-order valence-electron chi connectivity index (χ3n) is 6.77. The first-order chi connectivity index (χ1) is 18.6. The van der Waals surface area contributed by atoms with Crippen LogP contribution in [0.5, 0.6) is 0 Å². The summed E-state index contributed by atoms with van der Waals surface area (Å²) in [6.07, 6.45) is 4.92. The molecule has 1 aromatic heterocycles. The van der Waals surface area contributed by atoms with Gasteiger partial charge in [0.2, 0.25) is 11.8 Å². The molecule has 0 unspecified atom stereocenters. The van der Waals surface area contributed by atoms with Crippen molar-refractivity contribution in [1.82, 2.24) is 9.55 Å². The molecular formula is C31H23N5O2. The average Bonchev–Trinajstić information content (AvgIpc) is 3.37. The molecule has 7 nitrogen and oxygen atoms in total. The number of aryl methyl sites for hydroxylation is 2. The molecular weight excluding hydrogens is 474 g/mol. The lowest BCUT2D eigenvalue weighted by molar-refractivity contribution is -0.124. The van der Waals surface area contributed by atoms with E-state index in [9.17, 15) is 9.59 Å². The number of nitriles is 1. The number of amides is 2. The number of carbonyl (C=O) groups excluding carboxylic acids is 2. The lowest BCUT2D eigenvalue weighted by Crippen LogP contribution is -2.26. The van der Waals surface area contributed by atoms with E-state index in [4.69, 9.17) is 5.26 Å². The number of aromatic nitrogens is 2. The Bertz CT molecular complexity index is 1730. The first-order valence-electron chi connectivity index (χ1n) is 12.4. The number of hydrogen-bond acceptors (Lipinski definition) is 4. The molecule has 1 N–H and O–H groups in total. The molecule has 0 atom stereocenters. The van der Waals surface area contributed by atoms with Crippen LogP contribution in [0.1, 0.15) is 23.4 Å². The topological polar surface area (TPSA) is 91.0 Å². The van der Waals surface area contributed by atoms with Gasteiger partial charge in [-0.1, -0.05) is 42.5 Å². The Labute approximate surface area is 219 Å². The largest absolute Gasteiger partial charge is 0.323 e. The molecule has 0 bridgehead atoms. The van der Waals surface area contributed by atoms with E-state index >= 15 is 0 Å². The van der Waals surface area contributed by atoms with Crippen LogP contribution in [0.25, 0.3) is 16.5 Å². The number of nitrogens with zero attached hydrogens (tertiary/aromatic N) is 4. The Hall–Kier alpha value is -5.22. The van der Waals surface area contributed by atoms with E-state index in [1.54, 1.807) is 17.2 Å². The number of benzene rings is 4. The Morgan fingerprint density at radius 2 is 1.71 bits per heavy atom. The minimum Gasteiger partial charge on any atom is -0.323 e. The molecule has 4 aromatic carbocycles. The molecule has 38 heavy (non-hydrogen) atoms. The summed E-state index contributed by atoms with van der Waals surface area (Å²) in [4.78, 5) is 31.9. The molecule has 1 aliphatic rings. The second kappa shape index (κ2) is 9.68. The molecule has 2 amide bonds. The summed E-state index contributed by atoms with van der Waals surface area (Å²) in [6.45, 7) is 0. The van der Waals surface area contributed by atoms with Crippen molar-refractivity contribution in [2.24, 2.45) is 0 Å². The highest BCUT2D eigenvalue weighted by atomic mass is 16.2. The number of hydrogen-bond donors (Lipinski definition) is 1. The van der Waals surface area contributed by atoms with Crippen LogP contribution in [-0.4, -0.2) is 21.4 Å². The van der Waals surface area contributed by atoms with Crippen molar-refractivity contribution in [3.05, 3.63) is 114 Å². The van der Waals surface area contributed by atoms with Gasteiger partial charge < -0.3 is 9.88 Å². The second-order valence-corrected chi connectivity index (χ2v) is 9.18. The van der Waals surface area contributed by atoms with Crippen LogP contribution in [0.2, 0.25) is 0 Å². The van der Waals surface area contributed by atoms with Gasteiger partial charge in [-0.15, -0.1) is 0 Å². The second-order valence-electron chi connectivity index (χ2n) is 9.18. The zero-order chi connectivity index (χ0) is 26.1. The van der Waals surface area contributed by atoms with Crippen molar-refractivity contribution in [2.45, 2.75) is 19.3 Å². The van der Waals surface area contributed by atoms with Gasteiger partial charge in [-0.25, -0.2) is 4.98 Å². The quantitative estimate of drug-likeness (QED) is 0.316. The van der Waals surface area contributed by atoms with Gasteiger partial charge >= 0.3 is 0 Å². The fourth-order valence-corrected chi connectivity index (χ4v) is 4.96. The summed E-state index contributed by atoms with van der Waals surface area (Å²) >= 11 is 0. The van der Waals surface area contributed by atoms with Crippen LogP contribution >= 0.6 is 0 Å². The third-order valence-corrected chi connectivity index (χ3v) is 6.77. The summed E-state index contributed by atoms with van der Waals surface area (Å²) in [5.74, 6) is 0.292. The van der Waals surface area contributed by atoms with Gasteiger partial charge in [-0.2, -0.15) is 5.26 Å². The van der Waals surface area contributed by atoms with Crippen LogP contribution in [0.4, 0.5) is 17.1 Å². The van der Waals surface area contributed by atoms with Crippen LogP contribution in [0.15, 0.2) is 97.3 Å². The first-order valence-corrected chi connectivity index (χ1v) is 12.4. The number of rotatable bonds is 5. The number of carbonyl (C=O) groups is 2. The SMILES string of the molecule is N#Cc1cccc(CCc2nccn2-c2ccc(N3C(=O)CC(=O)Nc4c3ccc3ccccc43)cc2)c1. The Kier molecular flexibility index (Phi) is 5.91. The van der Waals surface area contributed by atoms with Crippen molar-refractivity contribution in [2.75, 3.05) is 10.2 Å². The summed E-state index contributed by atoms with van der Waals surface area (Å²) in [5, 5.41) is 14.0. The van der Waals surface area contributed by atoms with Crippen molar-refractivity contribution >= 4 is 39.6 Å². The maximum absolute atomic E-state index is 13.2. The van der Waals surface area contributed by atoms with Crippen LogP contribution in [0, 0.1) is 11.3 Å². The normalized spacial score (nSPS) is 13.1. The molecule has 0 saturated heterocycles. The first kappa shape index (κ1) is 23.2. The number of anilines is 3. The van der Waals surface area contributed by atoms with Crippen molar-refractivity contribution in [1.29, 1.82) is 5.26 Å². The molecule has 2 heterocycles. The number of imidazole rings is 1. The highest BCUT2D eigenvalue weighted by Crippen LogP contribution is 2.40. The van der Waals surface area contributed by atoms with E-state index in [1.807, 2.05) is 89.6 Å². The predicted molar refractivity (Wildman–Crippen MR) is 146 cm³/mol. The van der Waals surface area contributed by atoms with Gasteiger partial charge in [0.25, 0.3) is 0 Å². The van der Waals surface area contributed by atoms with E-state index < -0.39 is 0 Å². The van der Waals surface area contributed by atoms with E-state index in [1.165, 1.54) is 0 Å². The minimum atomic E-state index is -0.324. The van der Waals surface area contributed by atoms with E-state index in [-0.39, 0.29) is 18.2 Å². The molecule has 6 rings (SSSR count). The standard InChI is InChI=1S/C31H23N5O2/c32-20-22-5-3-4-21(18-22)8-15-28-33-16-17-35(28)24-10-12-25(13-11-24)36-27-14-9-23-6-1-2-7-26(23)31(27)34-29(37)19-30(36)38/h1-7,9-14,16-18H,8,15,19H2,(H,34,37). The van der Waals surface area contributed by atoms with Gasteiger partial charge in [0.1, 0.15) is 12.2 Å². The predicted octanol–water partition coefficient (Wildman–Crippen LogP) is 5.69. The average molecular weight is 498 g/mol. The lowest BCUT2D eigenvalue weighted by Gasteiger charge is -2.23. The van der Waals surface area contributed by atoms with Gasteiger partial charge in [0.05, 0.1) is 23.0 Å². The molecule has 0 saturated carbocycles. The molecule has 7 heteroatoms. The summed E-state index contributed by atoms with van der Waals surface area (Å²) in [5.41, 5.74) is 4.62. The smallest absolute Gasteiger partial charge is 0.241 e. The summed E-state index contributed by atoms with van der Waals surface area (Å²) in [7, 11) is 0. The van der Waals surface area contributed by atoms with E-state index in [2.05, 4.69) is 16.4 Å². The van der Waals surface area contributed by atoms with Crippen LogP contribution in [-0.2, 0) is 22.4 Å². The minimum absolute atomic E-state index is 0.233. The van der Waals surface area contributed by atoms with Crippen LogP contribution < -0.4 is 10.2 Å². The zero-order valence-electron chi connectivity index (χ0n) is 20.5. The summed E-state index contributed by atoms with van der Waals surface area (Å²) < 4.78 is 2.02. The van der Waals surface area contributed by atoms with Crippen molar-refractivity contribution < 1.29 is 9.59 Å². The maximum Gasteiger partial charge on any atom is 0.241 e. The Balaban J connectivity index is 1.30. The molecule has 5 aromatic rings. The fraction of sp³-hybridized carbons (Fsp3) is 0.0968. The number of nitrogens with one attached hydrogen (secondary N) is 1. The van der Waals surface area contributed by atoms with Crippen molar-refractivity contribution in [3.8, 4) is 11.8 Å². The fourth-order valence-electron chi connectivity index (χ4n) is 4.96. The molecule has 0 fully saturated rings. The van der Waals surface area contributed by atoms with Gasteiger partial charge in [0, 0.05) is 35.6 Å². The molecule has 184 valence electrons. The summed E-state index contributed by atoms with van der Waals surface area (Å²) in [6, 6.07) is 29.1. The monoisotopic (exact) mass is 497 g/mol. The third kappa shape index (κ3) is 4.29. The van der Waals surface area contributed by atoms with Gasteiger partial charge in [0.15, 0.2) is 0 Å². The highest BCUT2D eigenvalue weighted by molar-refractivity contribution is 6.21. The van der Waals surface area contributed by atoms with Crippen molar-refractivity contribution in [3.63, 3.8) is 0 Å². The van der Waals surface area contributed by atoms with Crippen LogP contribution in [0.3, 0.4) is 0 Å². The van der Waals surface area contributed by atoms with Gasteiger partial charge in [-0.3, -0.25) is 14.5 Å². The zero-order valence-corrected chi connectivity index (χ0v) is 20.5. The molecule has 0 radical (unpaired) electrons. The molecule has 1 aliphatic heterocycles. The van der Waals surface area contributed by atoms with E-state index in [0.717, 1.165) is 34.3 Å².